The lowest BCUT2D eigenvalue weighted by Crippen LogP contribution is -2.54. The molecule has 1 saturated heterocycles. The van der Waals surface area contributed by atoms with Gasteiger partial charge in [0, 0.05) is 12.5 Å². The van der Waals surface area contributed by atoms with Crippen molar-refractivity contribution < 1.29 is 18.5 Å². The molecule has 2 N–H and O–H groups in total. The van der Waals surface area contributed by atoms with Crippen LogP contribution >= 0.6 is 0 Å². The van der Waals surface area contributed by atoms with Crippen LogP contribution in [0.25, 0.3) is 11.1 Å². The summed E-state index contributed by atoms with van der Waals surface area (Å²) in [4.78, 5) is 14.2. The van der Waals surface area contributed by atoms with E-state index in [4.69, 9.17) is 0 Å². The summed E-state index contributed by atoms with van der Waals surface area (Å²) in [6, 6.07) is 16.5. The van der Waals surface area contributed by atoms with Gasteiger partial charge in [-0.2, -0.15) is 0 Å². The van der Waals surface area contributed by atoms with E-state index in [-0.39, 0.29) is 6.54 Å². The number of rotatable bonds is 6. The maximum Gasteiger partial charge on any atom is 0.254 e. The van der Waals surface area contributed by atoms with Crippen LogP contribution in [0, 0.1) is 0 Å². The number of hydrogen-bond donors (Lipinski definition) is 3. The first-order chi connectivity index (χ1) is 14.0. The second kappa shape index (κ2) is 8.57. The number of aliphatic hydroxyl groups is 1. The number of amides is 1. The summed E-state index contributed by atoms with van der Waals surface area (Å²) in [5.74, 6) is -0.527. The Kier molecular flexibility index (Phi) is 6.45. The number of carbonyl (C=O) groups excluding carboxylic acids is 1. The zero-order valence-corrected chi connectivity index (χ0v) is 18.8. The molecule has 1 fully saturated rings. The normalized spacial score (nSPS) is 22.9. The van der Waals surface area contributed by atoms with Gasteiger partial charge in [0.2, 0.25) is 0 Å². The van der Waals surface area contributed by atoms with Gasteiger partial charge in [-0.15, -0.1) is 0 Å². The number of alkyl halides is 1. The average molecular weight is 435 g/mol. The summed E-state index contributed by atoms with van der Waals surface area (Å²) in [5, 5.41) is 10.2. The van der Waals surface area contributed by atoms with Gasteiger partial charge in [0.25, 0.3) is 5.91 Å². The van der Waals surface area contributed by atoms with Crippen LogP contribution in [-0.4, -0.2) is 63.0 Å². The molecule has 1 aliphatic rings. The number of hydrogen-bond acceptors (Lipinski definition) is 3. The molecule has 1 amide bonds. The van der Waals surface area contributed by atoms with E-state index in [1.165, 1.54) is 18.7 Å². The van der Waals surface area contributed by atoms with E-state index in [1.54, 1.807) is 12.5 Å². The zero-order chi connectivity index (χ0) is 22.1. The molecule has 3 atom stereocenters. The van der Waals surface area contributed by atoms with Crippen molar-refractivity contribution in [3.63, 3.8) is 0 Å². The van der Waals surface area contributed by atoms with E-state index in [2.05, 4.69) is 4.72 Å². The highest BCUT2D eigenvalue weighted by Gasteiger charge is 2.47. The van der Waals surface area contributed by atoms with Crippen molar-refractivity contribution in [1.82, 2.24) is 9.62 Å². The van der Waals surface area contributed by atoms with E-state index in [9.17, 15) is 18.5 Å². The lowest BCUT2D eigenvalue weighted by Gasteiger charge is -2.33. The Morgan fingerprint density at radius 2 is 1.80 bits per heavy atom. The number of likely N-dealkylation sites (tertiary alicyclic amines) is 1. The molecule has 3 rings (SSSR count). The molecule has 0 spiro atoms. The van der Waals surface area contributed by atoms with Gasteiger partial charge >= 0.3 is 0 Å². The maximum absolute atomic E-state index is 15.0. The number of thiol groups is 1. The lowest BCUT2D eigenvalue weighted by molar-refractivity contribution is -0.149. The first-order valence-corrected chi connectivity index (χ1v) is 12.7. The Morgan fingerprint density at radius 3 is 2.40 bits per heavy atom. The molecule has 3 unspecified atom stereocenters. The van der Waals surface area contributed by atoms with Crippen LogP contribution in [0.1, 0.15) is 19.4 Å². The molecule has 0 radical (unpaired) electrons. The molecule has 5 nitrogen and oxygen atoms in total. The van der Waals surface area contributed by atoms with Crippen LogP contribution in [-0.2, 0) is 21.3 Å². The molecule has 1 aliphatic heterocycles. The smallest absolute Gasteiger partial charge is 0.254 e. The maximum atomic E-state index is 15.0. The number of nitrogens with zero attached hydrogens (tertiary/aromatic N) is 1. The van der Waals surface area contributed by atoms with Crippen molar-refractivity contribution in [2.75, 3.05) is 19.1 Å². The lowest BCUT2D eigenvalue weighted by atomic mass is 9.96. The molecule has 1 heterocycles. The molecule has 2 aromatic carbocycles. The van der Waals surface area contributed by atoms with E-state index < -0.39 is 39.9 Å². The quantitative estimate of drug-likeness (QED) is 0.612. The van der Waals surface area contributed by atoms with Crippen LogP contribution in [0.5, 0.6) is 0 Å². The largest absolute Gasteiger partial charge is 0.381 e. The third-order valence-corrected chi connectivity index (χ3v) is 6.22. The topological polar surface area (TPSA) is 69.6 Å². The summed E-state index contributed by atoms with van der Waals surface area (Å²) in [7, 11) is -2.74. The summed E-state index contributed by atoms with van der Waals surface area (Å²) < 4.78 is 30.3. The third-order valence-electron chi connectivity index (χ3n) is 5.30. The predicted octanol–water partition coefficient (Wildman–Crippen LogP) is 2.37. The molecule has 164 valence electrons. The van der Waals surface area contributed by atoms with Crippen molar-refractivity contribution in [2.45, 2.75) is 44.1 Å². The minimum absolute atomic E-state index is 0.135. The first kappa shape index (κ1) is 22.6. The van der Waals surface area contributed by atoms with Gasteiger partial charge in [0.15, 0.2) is 0 Å². The second-order valence-electron chi connectivity index (χ2n) is 8.88. The standard InChI is InChI=1S/C23H31FN2O3S/c1-23(2,28)22(27)26-15-19(24)21(25-30(3,4)29)20(26)14-16-9-8-12-18(13-16)17-10-6-5-7-11-17/h5-13,19-21,28,30H,14-15H2,1-4H3,(H,25,29). The Bertz CT molecular complexity index is 939. The predicted molar refractivity (Wildman–Crippen MR) is 121 cm³/mol. The van der Waals surface area contributed by atoms with E-state index in [0.29, 0.717) is 6.42 Å². The highest BCUT2D eigenvalue weighted by Crippen LogP contribution is 2.29. The molecule has 0 saturated carbocycles. The van der Waals surface area contributed by atoms with Gasteiger partial charge in [0.1, 0.15) is 11.8 Å². The SMILES string of the molecule is CC(C)(O)C(=O)N1CC(F)C(N[SH](C)(C)=O)C1Cc1cccc(-c2ccccc2)c1. The number of carbonyl (C=O) groups is 1. The van der Waals surface area contributed by atoms with E-state index in [1.807, 2.05) is 54.6 Å². The minimum atomic E-state index is -2.74. The third kappa shape index (κ3) is 5.33. The molecule has 2 aromatic rings. The summed E-state index contributed by atoms with van der Waals surface area (Å²) >= 11 is 0. The first-order valence-electron chi connectivity index (χ1n) is 10.1. The van der Waals surface area contributed by atoms with Crippen LogP contribution in [0.3, 0.4) is 0 Å². The van der Waals surface area contributed by atoms with Crippen molar-refractivity contribution in [3.8, 4) is 11.1 Å². The zero-order valence-electron chi connectivity index (χ0n) is 17.9. The van der Waals surface area contributed by atoms with Crippen molar-refractivity contribution in [1.29, 1.82) is 0 Å². The van der Waals surface area contributed by atoms with Gasteiger partial charge in [-0.1, -0.05) is 64.7 Å². The fraction of sp³-hybridized carbons (Fsp3) is 0.435. The number of nitrogens with one attached hydrogen (secondary N) is 1. The van der Waals surface area contributed by atoms with Gasteiger partial charge in [-0.25, -0.2) is 4.39 Å². The van der Waals surface area contributed by atoms with Gasteiger partial charge in [-0.3, -0.25) is 13.7 Å². The summed E-state index contributed by atoms with van der Waals surface area (Å²) in [6.45, 7) is 2.67. The number of halogens is 1. The molecule has 0 aliphatic carbocycles. The molecule has 30 heavy (non-hydrogen) atoms. The van der Waals surface area contributed by atoms with Crippen LogP contribution in [0.15, 0.2) is 54.6 Å². The Labute approximate surface area is 178 Å². The summed E-state index contributed by atoms with van der Waals surface area (Å²) in [5.41, 5.74) is 1.43. The van der Waals surface area contributed by atoms with Crippen molar-refractivity contribution in [2.24, 2.45) is 0 Å². The van der Waals surface area contributed by atoms with Crippen molar-refractivity contribution in [3.05, 3.63) is 60.2 Å². The minimum Gasteiger partial charge on any atom is -0.381 e. The highest BCUT2D eigenvalue weighted by atomic mass is 32.3. The highest BCUT2D eigenvalue weighted by molar-refractivity contribution is 7.99. The molecular formula is C23H31FN2O3S. The van der Waals surface area contributed by atoms with Gasteiger partial charge in [-0.05, 0) is 37.0 Å². The van der Waals surface area contributed by atoms with Crippen LogP contribution in [0.2, 0.25) is 0 Å². The fourth-order valence-corrected chi connectivity index (χ4v) is 5.02. The average Bonchev–Trinajstić information content (AvgIpc) is 2.95. The van der Waals surface area contributed by atoms with E-state index >= 15 is 0 Å². The van der Waals surface area contributed by atoms with Crippen LogP contribution in [0.4, 0.5) is 4.39 Å². The monoisotopic (exact) mass is 434 g/mol. The molecule has 0 bridgehead atoms. The van der Waals surface area contributed by atoms with Crippen LogP contribution < -0.4 is 4.72 Å². The molecule has 0 aromatic heterocycles. The second-order valence-corrected chi connectivity index (χ2v) is 11.8. The molecular weight excluding hydrogens is 403 g/mol. The Hall–Kier alpha value is -2.09. The Balaban J connectivity index is 1.93. The number of benzene rings is 2. The van der Waals surface area contributed by atoms with Gasteiger partial charge in [0.05, 0.1) is 18.6 Å². The summed E-state index contributed by atoms with van der Waals surface area (Å²) in [6.07, 6.45) is 2.12. The fourth-order valence-electron chi connectivity index (χ4n) is 3.97. The molecule has 7 heteroatoms. The van der Waals surface area contributed by atoms with Crippen molar-refractivity contribution >= 4 is 16.0 Å². The van der Waals surface area contributed by atoms with E-state index in [0.717, 1.165) is 16.7 Å². The Morgan fingerprint density at radius 1 is 1.17 bits per heavy atom. The van der Waals surface area contributed by atoms with Gasteiger partial charge < -0.3 is 10.0 Å².